The number of hydrogen-bond donors (Lipinski definition) is 1. The van der Waals surface area contributed by atoms with Gasteiger partial charge in [-0.1, -0.05) is 0 Å². The predicted molar refractivity (Wildman–Crippen MR) is 45.6 cm³/mol. The molecule has 0 aromatic rings. The summed E-state index contributed by atoms with van der Waals surface area (Å²) in [7, 11) is 0. The van der Waals surface area contributed by atoms with Crippen LogP contribution in [0.2, 0.25) is 0 Å². The van der Waals surface area contributed by atoms with Gasteiger partial charge < -0.3 is 15.4 Å². The molecule has 0 unspecified atom stereocenters. The molecule has 1 fully saturated rings. The van der Waals surface area contributed by atoms with Crippen molar-refractivity contribution in [3.05, 3.63) is 0 Å². The molecular formula is C8H16N2O2. The van der Waals surface area contributed by atoms with Crippen LogP contribution in [-0.4, -0.2) is 42.6 Å². The van der Waals surface area contributed by atoms with Crippen LogP contribution in [0.1, 0.15) is 13.8 Å². The SMILES string of the molecule is C[C@@H]1CN(C(=O)[C@@H](C)N)CCO1. The third-order valence-corrected chi connectivity index (χ3v) is 1.94. The highest BCUT2D eigenvalue weighted by atomic mass is 16.5. The zero-order chi connectivity index (χ0) is 9.14. The van der Waals surface area contributed by atoms with E-state index in [1.165, 1.54) is 0 Å². The molecule has 12 heavy (non-hydrogen) atoms. The van der Waals surface area contributed by atoms with E-state index in [9.17, 15) is 4.79 Å². The van der Waals surface area contributed by atoms with Crippen LogP contribution < -0.4 is 5.73 Å². The average Bonchev–Trinajstić information content (AvgIpc) is 2.03. The number of amides is 1. The standard InChI is InChI=1S/C8H16N2O2/c1-6-5-10(3-4-12-6)8(11)7(2)9/h6-7H,3-5,9H2,1-2H3/t6-,7-/m1/s1. The normalized spacial score (nSPS) is 26.9. The van der Waals surface area contributed by atoms with Crippen LogP contribution in [0, 0.1) is 0 Å². The molecule has 2 atom stereocenters. The highest BCUT2D eigenvalue weighted by Crippen LogP contribution is 2.05. The van der Waals surface area contributed by atoms with Gasteiger partial charge in [-0.2, -0.15) is 0 Å². The molecule has 0 radical (unpaired) electrons. The number of morpholine rings is 1. The fourth-order valence-electron chi connectivity index (χ4n) is 1.31. The number of carbonyl (C=O) groups excluding carboxylic acids is 1. The Labute approximate surface area is 72.7 Å². The van der Waals surface area contributed by atoms with Gasteiger partial charge in [-0.05, 0) is 13.8 Å². The molecule has 1 heterocycles. The third kappa shape index (κ3) is 2.19. The Kier molecular flexibility index (Phi) is 3.05. The van der Waals surface area contributed by atoms with Crippen LogP contribution in [-0.2, 0) is 9.53 Å². The summed E-state index contributed by atoms with van der Waals surface area (Å²) in [5.74, 6) is 0.0187. The first kappa shape index (κ1) is 9.48. The van der Waals surface area contributed by atoms with E-state index in [-0.39, 0.29) is 12.0 Å². The summed E-state index contributed by atoms with van der Waals surface area (Å²) in [6.07, 6.45) is 0.140. The monoisotopic (exact) mass is 172 g/mol. The molecule has 1 aliphatic rings. The first-order chi connectivity index (χ1) is 5.61. The Morgan fingerprint density at radius 2 is 2.42 bits per heavy atom. The summed E-state index contributed by atoms with van der Waals surface area (Å²) in [5, 5.41) is 0. The highest BCUT2D eigenvalue weighted by Gasteiger charge is 2.22. The fourth-order valence-corrected chi connectivity index (χ4v) is 1.31. The molecule has 1 aliphatic heterocycles. The van der Waals surface area contributed by atoms with Gasteiger partial charge in [0.15, 0.2) is 0 Å². The maximum atomic E-state index is 11.4. The van der Waals surface area contributed by atoms with Crippen LogP contribution >= 0.6 is 0 Å². The number of rotatable bonds is 1. The molecule has 1 amide bonds. The zero-order valence-corrected chi connectivity index (χ0v) is 7.62. The number of ether oxygens (including phenoxy) is 1. The number of hydrogen-bond acceptors (Lipinski definition) is 3. The van der Waals surface area contributed by atoms with Gasteiger partial charge in [0, 0.05) is 13.1 Å². The Bertz CT molecular complexity index is 170. The van der Waals surface area contributed by atoms with E-state index in [2.05, 4.69) is 0 Å². The molecule has 4 nitrogen and oxygen atoms in total. The van der Waals surface area contributed by atoms with Gasteiger partial charge in [0.1, 0.15) is 0 Å². The Balaban J connectivity index is 2.46. The second-order valence-corrected chi connectivity index (χ2v) is 3.25. The minimum atomic E-state index is -0.393. The summed E-state index contributed by atoms with van der Waals surface area (Å²) in [4.78, 5) is 13.2. The molecule has 1 saturated heterocycles. The lowest BCUT2D eigenvalue weighted by atomic mass is 10.2. The highest BCUT2D eigenvalue weighted by molar-refractivity contribution is 5.81. The molecule has 4 heteroatoms. The quantitative estimate of drug-likeness (QED) is 0.584. The van der Waals surface area contributed by atoms with E-state index in [4.69, 9.17) is 10.5 Å². The summed E-state index contributed by atoms with van der Waals surface area (Å²) < 4.78 is 5.30. The largest absolute Gasteiger partial charge is 0.375 e. The van der Waals surface area contributed by atoms with Crippen molar-refractivity contribution in [1.29, 1.82) is 0 Å². The molecule has 0 aromatic heterocycles. The summed E-state index contributed by atoms with van der Waals surface area (Å²) in [5.41, 5.74) is 5.48. The minimum absolute atomic E-state index is 0.0187. The smallest absolute Gasteiger partial charge is 0.239 e. The molecular weight excluding hydrogens is 156 g/mol. The number of nitrogens with two attached hydrogens (primary N) is 1. The molecule has 0 aromatic carbocycles. The van der Waals surface area contributed by atoms with Gasteiger partial charge >= 0.3 is 0 Å². The lowest BCUT2D eigenvalue weighted by Crippen LogP contribution is -2.49. The molecule has 1 rings (SSSR count). The second-order valence-electron chi connectivity index (χ2n) is 3.25. The third-order valence-electron chi connectivity index (χ3n) is 1.94. The van der Waals surface area contributed by atoms with Crippen molar-refractivity contribution < 1.29 is 9.53 Å². The van der Waals surface area contributed by atoms with Crippen molar-refractivity contribution in [2.24, 2.45) is 5.73 Å². The molecule has 0 bridgehead atoms. The van der Waals surface area contributed by atoms with Crippen LogP contribution in [0.15, 0.2) is 0 Å². The van der Waals surface area contributed by atoms with Crippen LogP contribution in [0.5, 0.6) is 0 Å². The predicted octanol–water partition coefficient (Wildman–Crippen LogP) is -0.419. The lowest BCUT2D eigenvalue weighted by Gasteiger charge is -2.32. The van der Waals surface area contributed by atoms with Crippen molar-refractivity contribution in [1.82, 2.24) is 4.90 Å². The van der Waals surface area contributed by atoms with Gasteiger partial charge in [0.25, 0.3) is 0 Å². The Morgan fingerprint density at radius 1 is 1.75 bits per heavy atom. The van der Waals surface area contributed by atoms with E-state index in [1.807, 2.05) is 6.92 Å². The van der Waals surface area contributed by atoms with Crippen LogP contribution in [0.3, 0.4) is 0 Å². The van der Waals surface area contributed by atoms with Crippen LogP contribution in [0.25, 0.3) is 0 Å². The summed E-state index contributed by atoms with van der Waals surface area (Å²) >= 11 is 0. The van der Waals surface area contributed by atoms with Gasteiger partial charge in [0.2, 0.25) is 5.91 Å². The average molecular weight is 172 g/mol. The van der Waals surface area contributed by atoms with Crippen molar-refractivity contribution in [2.45, 2.75) is 26.0 Å². The van der Waals surface area contributed by atoms with E-state index in [0.29, 0.717) is 19.7 Å². The summed E-state index contributed by atoms with van der Waals surface area (Å²) in [6.45, 7) is 5.63. The molecule has 2 N–H and O–H groups in total. The van der Waals surface area contributed by atoms with Crippen molar-refractivity contribution in [3.63, 3.8) is 0 Å². The maximum absolute atomic E-state index is 11.4. The van der Waals surface area contributed by atoms with Gasteiger partial charge in [0.05, 0.1) is 18.8 Å². The van der Waals surface area contributed by atoms with E-state index in [1.54, 1.807) is 11.8 Å². The van der Waals surface area contributed by atoms with E-state index >= 15 is 0 Å². The van der Waals surface area contributed by atoms with Crippen LogP contribution in [0.4, 0.5) is 0 Å². The van der Waals surface area contributed by atoms with Crippen molar-refractivity contribution in [2.75, 3.05) is 19.7 Å². The van der Waals surface area contributed by atoms with Gasteiger partial charge in [-0.25, -0.2) is 0 Å². The first-order valence-electron chi connectivity index (χ1n) is 4.27. The van der Waals surface area contributed by atoms with Gasteiger partial charge in [-0.3, -0.25) is 4.79 Å². The van der Waals surface area contributed by atoms with Crippen molar-refractivity contribution >= 4 is 5.91 Å². The Hall–Kier alpha value is -0.610. The second kappa shape index (κ2) is 3.87. The summed E-state index contributed by atoms with van der Waals surface area (Å²) in [6, 6.07) is -0.393. The molecule has 0 saturated carbocycles. The lowest BCUT2D eigenvalue weighted by molar-refractivity contribution is -0.139. The zero-order valence-electron chi connectivity index (χ0n) is 7.62. The van der Waals surface area contributed by atoms with Gasteiger partial charge in [-0.15, -0.1) is 0 Å². The molecule has 70 valence electrons. The minimum Gasteiger partial charge on any atom is -0.375 e. The van der Waals surface area contributed by atoms with E-state index in [0.717, 1.165) is 0 Å². The molecule has 0 spiro atoms. The number of nitrogens with zero attached hydrogens (tertiary/aromatic N) is 1. The van der Waals surface area contributed by atoms with Crippen molar-refractivity contribution in [3.8, 4) is 0 Å². The maximum Gasteiger partial charge on any atom is 0.239 e. The fraction of sp³-hybridized carbons (Fsp3) is 0.875. The molecule has 0 aliphatic carbocycles. The number of carbonyl (C=O) groups is 1. The Morgan fingerprint density at radius 3 is 2.92 bits per heavy atom. The topological polar surface area (TPSA) is 55.6 Å². The van der Waals surface area contributed by atoms with E-state index < -0.39 is 6.04 Å². The first-order valence-corrected chi connectivity index (χ1v) is 4.27.